The topological polar surface area (TPSA) is 55.6 Å². The Bertz CT molecular complexity index is 496. The van der Waals surface area contributed by atoms with E-state index in [0.29, 0.717) is 6.54 Å². The van der Waals surface area contributed by atoms with Crippen molar-refractivity contribution >= 4 is 5.69 Å². The van der Waals surface area contributed by atoms with Crippen molar-refractivity contribution in [1.29, 1.82) is 0 Å². The van der Waals surface area contributed by atoms with Crippen LogP contribution < -0.4 is 0 Å². The fourth-order valence-corrected chi connectivity index (χ4v) is 2.63. The van der Waals surface area contributed by atoms with Crippen LogP contribution >= 0.6 is 0 Å². The Kier molecular flexibility index (Phi) is 5.64. The normalized spacial score (nSPS) is 19.6. The maximum Gasteiger partial charge on any atom is 0.304 e. The third kappa shape index (κ3) is 4.47. The van der Waals surface area contributed by atoms with Crippen molar-refractivity contribution in [2.45, 2.75) is 38.8 Å². The molecule has 1 fully saturated rings. The number of piperidine rings is 1. The lowest BCUT2D eigenvalue weighted by Crippen LogP contribution is -2.39. The van der Waals surface area contributed by atoms with E-state index in [4.69, 9.17) is 4.74 Å². The van der Waals surface area contributed by atoms with Crippen LogP contribution in [0.4, 0.5) is 10.1 Å². The quantitative estimate of drug-likeness (QED) is 0.598. The van der Waals surface area contributed by atoms with Gasteiger partial charge in [0.1, 0.15) is 0 Å². The van der Waals surface area contributed by atoms with Crippen molar-refractivity contribution in [2.24, 2.45) is 0 Å². The van der Waals surface area contributed by atoms with Crippen molar-refractivity contribution in [2.75, 3.05) is 19.7 Å². The van der Waals surface area contributed by atoms with Gasteiger partial charge in [0.2, 0.25) is 5.82 Å². The van der Waals surface area contributed by atoms with E-state index in [-0.39, 0.29) is 6.10 Å². The van der Waals surface area contributed by atoms with Crippen molar-refractivity contribution in [3.8, 4) is 0 Å². The molecule has 1 aliphatic rings. The maximum absolute atomic E-state index is 13.6. The first-order valence-corrected chi connectivity index (χ1v) is 7.37. The van der Waals surface area contributed by atoms with Crippen LogP contribution in [0.5, 0.6) is 0 Å². The van der Waals surface area contributed by atoms with Crippen LogP contribution in [0.25, 0.3) is 0 Å². The molecule has 0 bridgehead atoms. The van der Waals surface area contributed by atoms with E-state index in [9.17, 15) is 14.5 Å². The molecule has 0 spiro atoms. The minimum absolute atomic E-state index is 0.238. The third-order valence-corrected chi connectivity index (χ3v) is 3.63. The van der Waals surface area contributed by atoms with E-state index >= 15 is 0 Å². The first-order valence-electron chi connectivity index (χ1n) is 7.37. The van der Waals surface area contributed by atoms with Gasteiger partial charge in [-0.1, -0.05) is 13.0 Å². The Hall–Kier alpha value is -1.53. The van der Waals surface area contributed by atoms with Crippen LogP contribution in [0.1, 0.15) is 31.7 Å². The molecule has 1 saturated heterocycles. The highest BCUT2D eigenvalue weighted by atomic mass is 19.1. The lowest BCUT2D eigenvalue weighted by Gasteiger charge is -2.32. The van der Waals surface area contributed by atoms with Crippen LogP contribution in [-0.2, 0) is 11.3 Å². The minimum Gasteiger partial charge on any atom is -0.377 e. The fraction of sp³-hybridized carbons (Fsp3) is 0.600. The first kappa shape index (κ1) is 15.9. The predicted molar refractivity (Wildman–Crippen MR) is 77.6 cm³/mol. The second-order valence-electron chi connectivity index (χ2n) is 5.41. The van der Waals surface area contributed by atoms with Crippen molar-refractivity contribution < 1.29 is 14.1 Å². The van der Waals surface area contributed by atoms with E-state index in [1.807, 2.05) is 0 Å². The van der Waals surface area contributed by atoms with Crippen molar-refractivity contribution in [1.82, 2.24) is 4.90 Å². The van der Waals surface area contributed by atoms with Gasteiger partial charge in [0.25, 0.3) is 0 Å². The summed E-state index contributed by atoms with van der Waals surface area (Å²) in [7, 11) is 0. The molecule has 1 atom stereocenters. The molecule has 0 amide bonds. The zero-order valence-corrected chi connectivity index (χ0v) is 12.3. The summed E-state index contributed by atoms with van der Waals surface area (Å²) in [6, 6.07) is 4.12. The molecule has 1 aromatic rings. The number of nitrogens with zero attached hydrogens (tertiary/aromatic N) is 2. The number of ether oxygens (including phenoxy) is 1. The van der Waals surface area contributed by atoms with Crippen LogP contribution in [-0.4, -0.2) is 35.6 Å². The summed E-state index contributed by atoms with van der Waals surface area (Å²) in [6.07, 6.45) is 3.36. The number of hydrogen-bond acceptors (Lipinski definition) is 4. The molecule has 21 heavy (non-hydrogen) atoms. The van der Waals surface area contributed by atoms with Gasteiger partial charge >= 0.3 is 5.69 Å². The molecule has 116 valence electrons. The highest BCUT2D eigenvalue weighted by Gasteiger charge is 2.21. The van der Waals surface area contributed by atoms with Crippen molar-refractivity contribution in [3.63, 3.8) is 0 Å². The molecular formula is C15H21FN2O3. The maximum atomic E-state index is 13.6. The summed E-state index contributed by atoms with van der Waals surface area (Å²) in [6.45, 7) is 5.23. The molecule has 0 aromatic heterocycles. The number of halogens is 1. The summed E-state index contributed by atoms with van der Waals surface area (Å²) < 4.78 is 19.4. The smallest absolute Gasteiger partial charge is 0.304 e. The number of rotatable bonds is 6. The second-order valence-corrected chi connectivity index (χ2v) is 5.41. The molecular weight excluding hydrogens is 275 g/mol. The van der Waals surface area contributed by atoms with Gasteiger partial charge < -0.3 is 4.74 Å². The van der Waals surface area contributed by atoms with Crippen LogP contribution in [0.15, 0.2) is 18.2 Å². The molecule has 2 rings (SSSR count). The van der Waals surface area contributed by atoms with E-state index in [0.717, 1.165) is 44.5 Å². The standard InChI is InChI=1S/C15H21FN2O3/c1-2-8-21-13-4-3-7-17(11-13)10-12-5-6-15(18(19)20)14(16)9-12/h5-6,9,13H,2-4,7-8,10-11H2,1H3. The SMILES string of the molecule is CCCOC1CCCN(Cc2ccc([N+](=O)[O-])c(F)c2)C1. The highest BCUT2D eigenvalue weighted by molar-refractivity contribution is 5.34. The Labute approximate surface area is 123 Å². The average molecular weight is 296 g/mol. The summed E-state index contributed by atoms with van der Waals surface area (Å²) >= 11 is 0. The summed E-state index contributed by atoms with van der Waals surface area (Å²) in [4.78, 5) is 12.1. The summed E-state index contributed by atoms with van der Waals surface area (Å²) in [5, 5.41) is 10.6. The summed E-state index contributed by atoms with van der Waals surface area (Å²) in [5.74, 6) is -0.770. The van der Waals surface area contributed by atoms with Crippen LogP contribution in [0.2, 0.25) is 0 Å². The van der Waals surface area contributed by atoms with E-state index in [2.05, 4.69) is 11.8 Å². The molecule has 1 aromatic carbocycles. The molecule has 0 aliphatic carbocycles. The number of benzene rings is 1. The number of likely N-dealkylation sites (tertiary alicyclic amines) is 1. The Morgan fingerprint density at radius 2 is 2.33 bits per heavy atom. The first-order chi connectivity index (χ1) is 10.1. The lowest BCUT2D eigenvalue weighted by molar-refractivity contribution is -0.387. The molecule has 0 N–H and O–H groups in total. The zero-order valence-electron chi connectivity index (χ0n) is 12.3. The Morgan fingerprint density at radius 1 is 1.52 bits per heavy atom. The van der Waals surface area contributed by atoms with Gasteiger partial charge in [-0.3, -0.25) is 15.0 Å². The van der Waals surface area contributed by atoms with E-state index in [1.54, 1.807) is 6.07 Å². The van der Waals surface area contributed by atoms with Gasteiger partial charge in [-0.25, -0.2) is 0 Å². The zero-order chi connectivity index (χ0) is 15.2. The van der Waals surface area contributed by atoms with E-state index in [1.165, 1.54) is 12.1 Å². The van der Waals surface area contributed by atoms with Gasteiger partial charge in [0.15, 0.2) is 0 Å². The van der Waals surface area contributed by atoms with Crippen molar-refractivity contribution in [3.05, 3.63) is 39.7 Å². The highest BCUT2D eigenvalue weighted by Crippen LogP contribution is 2.21. The summed E-state index contributed by atoms with van der Waals surface area (Å²) in [5.41, 5.74) is 0.288. The minimum atomic E-state index is -0.770. The molecule has 1 aliphatic heterocycles. The van der Waals surface area contributed by atoms with Gasteiger partial charge in [-0.2, -0.15) is 4.39 Å². The number of nitro benzene ring substituents is 1. The van der Waals surface area contributed by atoms with Gasteiger partial charge in [-0.15, -0.1) is 0 Å². The lowest BCUT2D eigenvalue weighted by atomic mass is 10.1. The molecule has 6 heteroatoms. The van der Waals surface area contributed by atoms with Gasteiger partial charge in [0.05, 0.1) is 11.0 Å². The third-order valence-electron chi connectivity index (χ3n) is 3.63. The molecule has 0 radical (unpaired) electrons. The largest absolute Gasteiger partial charge is 0.377 e. The second kappa shape index (κ2) is 7.47. The molecule has 0 saturated carbocycles. The predicted octanol–water partition coefficient (Wildman–Crippen LogP) is 3.12. The Balaban J connectivity index is 1.94. The van der Waals surface area contributed by atoms with Crippen LogP contribution in [0.3, 0.4) is 0 Å². The molecule has 5 nitrogen and oxygen atoms in total. The Morgan fingerprint density at radius 3 is 3.00 bits per heavy atom. The van der Waals surface area contributed by atoms with Gasteiger partial charge in [0, 0.05) is 25.8 Å². The monoisotopic (exact) mass is 296 g/mol. The van der Waals surface area contributed by atoms with Crippen LogP contribution in [0, 0.1) is 15.9 Å². The average Bonchev–Trinajstić information content (AvgIpc) is 2.45. The fourth-order valence-electron chi connectivity index (χ4n) is 2.63. The molecule has 1 heterocycles. The van der Waals surface area contributed by atoms with Gasteiger partial charge in [-0.05, 0) is 37.4 Å². The number of nitro groups is 1. The molecule has 1 unspecified atom stereocenters. The van der Waals surface area contributed by atoms with E-state index < -0.39 is 16.4 Å². The number of hydrogen-bond donors (Lipinski definition) is 0.